The van der Waals surface area contributed by atoms with E-state index in [2.05, 4.69) is 44.4 Å². The molecule has 0 radical (unpaired) electrons. The molecule has 1 unspecified atom stereocenters. The Morgan fingerprint density at radius 2 is 1.94 bits per heavy atom. The van der Waals surface area contributed by atoms with Gasteiger partial charge >= 0.3 is 0 Å². The summed E-state index contributed by atoms with van der Waals surface area (Å²) in [5.41, 5.74) is 1.40. The summed E-state index contributed by atoms with van der Waals surface area (Å²) >= 11 is 1.87. The van der Waals surface area contributed by atoms with Crippen molar-refractivity contribution in [1.29, 1.82) is 0 Å². The molecule has 0 aliphatic heterocycles. The summed E-state index contributed by atoms with van der Waals surface area (Å²) in [5.74, 6) is 2.81. The zero-order valence-corrected chi connectivity index (χ0v) is 11.3. The molecule has 2 heteroatoms. The average molecular weight is 238 g/mol. The molecule has 0 heterocycles. The van der Waals surface area contributed by atoms with Gasteiger partial charge in [-0.15, -0.1) is 0 Å². The second-order valence-electron chi connectivity index (χ2n) is 4.07. The van der Waals surface area contributed by atoms with E-state index >= 15 is 0 Å². The normalized spacial score (nSPS) is 12.4. The molecule has 0 aromatic heterocycles. The van der Waals surface area contributed by atoms with Crippen LogP contribution in [0.25, 0.3) is 0 Å². The summed E-state index contributed by atoms with van der Waals surface area (Å²) in [6.45, 7) is 5.30. The molecule has 0 saturated carbocycles. The van der Waals surface area contributed by atoms with Crippen molar-refractivity contribution in [3.8, 4) is 5.75 Å². The topological polar surface area (TPSA) is 9.23 Å². The molecule has 90 valence electrons. The van der Waals surface area contributed by atoms with E-state index in [1.54, 1.807) is 0 Å². The van der Waals surface area contributed by atoms with E-state index < -0.39 is 0 Å². The summed E-state index contributed by atoms with van der Waals surface area (Å²) in [6.07, 6.45) is 4.43. The third-order valence-electron chi connectivity index (χ3n) is 2.82. The first-order chi connectivity index (χ1) is 7.77. The fourth-order valence-electron chi connectivity index (χ4n) is 1.52. The maximum absolute atomic E-state index is 5.66. The molecule has 1 rings (SSSR count). The zero-order chi connectivity index (χ0) is 11.8. The standard InChI is InChI=1S/C14H22OS/c1-4-12(2)13-6-8-14(9-7-13)15-10-5-11-16-3/h6-9,12H,4-5,10-11H2,1-3H3. The van der Waals surface area contributed by atoms with E-state index in [9.17, 15) is 0 Å². The van der Waals surface area contributed by atoms with Crippen molar-refractivity contribution in [3.05, 3.63) is 29.8 Å². The predicted octanol–water partition coefficient (Wildman–Crippen LogP) is 4.33. The van der Waals surface area contributed by atoms with Crippen molar-refractivity contribution in [3.63, 3.8) is 0 Å². The Hall–Kier alpha value is -0.630. The fourth-order valence-corrected chi connectivity index (χ4v) is 1.93. The summed E-state index contributed by atoms with van der Waals surface area (Å²) in [4.78, 5) is 0. The van der Waals surface area contributed by atoms with Gasteiger partial charge in [0.05, 0.1) is 6.61 Å². The van der Waals surface area contributed by atoms with Gasteiger partial charge in [0.25, 0.3) is 0 Å². The van der Waals surface area contributed by atoms with Gasteiger partial charge in [0.2, 0.25) is 0 Å². The number of thioether (sulfide) groups is 1. The van der Waals surface area contributed by atoms with Gasteiger partial charge in [-0.05, 0) is 48.5 Å². The Morgan fingerprint density at radius 3 is 2.50 bits per heavy atom. The maximum atomic E-state index is 5.66. The van der Waals surface area contributed by atoms with E-state index in [1.807, 2.05) is 11.8 Å². The number of rotatable bonds is 7. The van der Waals surface area contributed by atoms with Crippen molar-refractivity contribution in [1.82, 2.24) is 0 Å². The molecular weight excluding hydrogens is 216 g/mol. The highest BCUT2D eigenvalue weighted by molar-refractivity contribution is 7.98. The van der Waals surface area contributed by atoms with Gasteiger partial charge in [0.15, 0.2) is 0 Å². The minimum atomic E-state index is 0.644. The molecule has 0 fully saturated rings. The van der Waals surface area contributed by atoms with Crippen LogP contribution in [-0.2, 0) is 0 Å². The SMILES string of the molecule is CCC(C)c1ccc(OCCCSC)cc1. The van der Waals surface area contributed by atoms with Crippen LogP contribution in [-0.4, -0.2) is 18.6 Å². The summed E-state index contributed by atoms with van der Waals surface area (Å²) < 4.78 is 5.66. The summed E-state index contributed by atoms with van der Waals surface area (Å²) in [7, 11) is 0. The van der Waals surface area contributed by atoms with E-state index in [0.29, 0.717) is 5.92 Å². The van der Waals surface area contributed by atoms with Crippen LogP contribution < -0.4 is 4.74 Å². The lowest BCUT2D eigenvalue weighted by atomic mass is 9.99. The smallest absolute Gasteiger partial charge is 0.119 e. The van der Waals surface area contributed by atoms with Gasteiger partial charge in [-0.2, -0.15) is 11.8 Å². The molecule has 0 spiro atoms. The second-order valence-corrected chi connectivity index (χ2v) is 5.06. The second kappa shape index (κ2) is 7.61. The first-order valence-corrected chi connectivity index (χ1v) is 7.39. The Kier molecular flexibility index (Phi) is 6.39. The van der Waals surface area contributed by atoms with Crippen LogP contribution in [0.1, 0.15) is 38.2 Å². The minimum Gasteiger partial charge on any atom is -0.494 e. The van der Waals surface area contributed by atoms with Gasteiger partial charge in [-0.1, -0.05) is 26.0 Å². The van der Waals surface area contributed by atoms with Crippen LogP contribution in [0.2, 0.25) is 0 Å². The van der Waals surface area contributed by atoms with Gasteiger partial charge in [0, 0.05) is 0 Å². The monoisotopic (exact) mass is 238 g/mol. The van der Waals surface area contributed by atoms with Crippen LogP contribution in [0.5, 0.6) is 5.75 Å². The Labute approximate surface area is 104 Å². The van der Waals surface area contributed by atoms with Gasteiger partial charge < -0.3 is 4.74 Å². The van der Waals surface area contributed by atoms with E-state index in [4.69, 9.17) is 4.74 Å². The molecule has 1 aromatic carbocycles. The lowest BCUT2D eigenvalue weighted by molar-refractivity contribution is 0.318. The molecule has 1 nitrogen and oxygen atoms in total. The summed E-state index contributed by atoms with van der Waals surface area (Å²) in [6, 6.07) is 8.53. The Balaban J connectivity index is 2.39. The van der Waals surface area contributed by atoms with Crippen LogP contribution in [0.4, 0.5) is 0 Å². The fraction of sp³-hybridized carbons (Fsp3) is 0.571. The maximum Gasteiger partial charge on any atom is 0.119 e. The molecule has 0 saturated heterocycles. The Bertz CT molecular complexity index is 281. The highest BCUT2D eigenvalue weighted by Gasteiger charge is 2.02. The average Bonchev–Trinajstić information content (AvgIpc) is 2.34. The van der Waals surface area contributed by atoms with Crippen LogP contribution in [0.15, 0.2) is 24.3 Å². The van der Waals surface area contributed by atoms with Gasteiger partial charge in [0.1, 0.15) is 5.75 Å². The molecular formula is C14H22OS. The zero-order valence-electron chi connectivity index (χ0n) is 10.5. The van der Waals surface area contributed by atoms with Crippen molar-refractivity contribution < 1.29 is 4.74 Å². The van der Waals surface area contributed by atoms with Crippen molar-refractivity contribution >= 4 is 11.8 Å². The number of benzene rings is 1. The Morgan fingerprint density at radius 1 is 1.25 bits per heavy atom. The minimum absolute atomic E-state index is 0.644. The van der Waals surface area contributed by atoms with E-state index in [1.165, 1.54) is 17.7 Å². The van der Waals surface area contributed by atoms with Crippen molar-refractivity contribution in [2.75, 3.05) is 18.6 Å². The third-order valence-corrected chi connectivity index (χ3v) is 3.52. The lowest BCUT2D eigenvalue weighted by Gasteiger charge is -2.10. The first-order valence-electron chi connectivity index (χ1n) is 5.99. The molecule has 0 aliphatic carbocycles. The van der Waals surface area contributed by atoms with Crippen molar-refractivity contribution in [2.45, 2.75) is 32.6 Å². The molecule has 1 aromatic rings. The third kappa shape index (κ3) is 4.48. The van der Waals surface area contributed by atoms with E-state index in [0.717, 1.165) is 18.8 Å². The number of ether oxygens (including phenoxy) is 1. The number of hydrogen-bond donors (Lipinski definition) is 0. The van der Waals surface area contributed by atoms with Crippen LogP contribution in [0.3, 0.4) is 0 Å². The quantitative estimate of drug-likeness (QED) is 0.654. The molecule has 0 amide bonds. The largest absolute Gasteiger partial charge is 0.494 e. The highest BCUT2D eigenvalue weighted by atomic mass is 32.2. The lowest BCUT2D eigenvalue weighted by Crippen LogP contribution is -1.99. The molecule has 0 N–H and O–H groups in total. The van der Waals surface area contributed by atoms with E-state index in [-0.39, 0.29) is 0 Å². The van der Waals surface area contributed by atoms with Gasteiger partial charge in [-0.25, -0.2) is 0 Å². The molecule has 0 bridgehead atoms. The van der Waals surface area contributed by atoms with Crippen LogP contribution >= 0.6 is 11.8 Å². The summed E-state index contributed by atoms with van der Waals surface area (Å²) in [5, 5.41) is 0. The molecule has 0 aliphatic rings. The molecule has 1 atom stereocenters. The predicted molar refractivity (Wildman–Crippen MR) is 73.6 cm³/mol. The highest BCUT2D eigenvalue weighted by Crippen LogP contribution is 2.21. The number of hydrogen-bond acceptors (Lipinski definition) is 2. The van der Waals surface area contributed by atoms with Crippen molar-refractivity contribution in [2.24, 2.45) is 0 Å². The van der Waals surface area contributed by atoms with Crippen LogP contribution in [0, 0.1) is 0 Å². The van der Waals surface area contributed by atoms with Gasteiger partial charge in [-0.3, -0.25) is 0 Å². The first kappa shape index (κ1) is 13.4. The molecule has 16 heavy (non-hydrogen) atoms.